The fourth-order valence-electron chi connectivity index (χ4n) is 1.50. The Balaban J connectivity index is -0.000000101. The maximum Gasteiger partial charge on any atom is 0.414 e. The average molecular weight is 523 g/mol. The molecule has 0 aliphatic heterocycles. The van der Waals surface area contributed by atoms with Gasteiger partial charge >= 0.3 is 11.9 Å². The molecule has 0 aliphatic rings. The summed E-state index contributed by atoms with van der Waals surface area (Å²) in [4.78, 5) is 18.2. The third-order valence-corrected chi connectivity index (χ3v) is 9.18. The van der Waals surface area contributed by atoms with Gasteiger partial charge in [0.2, 0.25) is 0 Å². The van der Waals surface area contributed by atoms with Gasteiger partial charge in [0.1, 0.15) is 0 Å². The molecule has 0 saturated carbocycles. The van der Waals surface area contributed by atoms with Gasteiger partial charge in [0.15, 0.2) is 0 Å². The topological polar surface area (TPSA) is 74.6 Å². The molecule has 0 spiro atoms. The van der Waals surface area contributed by atoms with Crippen LogP contribution in [0.1, 0.15) is 41.5 Å². The van der Waals surface area contributed by atoms with Crippen molar-refractivity contribution in [2.45, 2.75) is 41.5 Å². The number of aliphatic carboxylic acids is 2. The summed E-state index contributed by atoms with van der Waals surface area (Å²) in [6.07, 6.45) is 8.74. The Hall–Kier alpha value is 0.488. The second-order valence-corrected chi connectivity index (χ2v) is 11.5. The van der Waals surface area contributed by atoms with Crippen molar-refractivity contribution in [2.24, 2.45) is 0 Å². The predicted octanol–water partition coefficient (Wildman–Crippen LogP) is 3.67. The Labute approximate surface area is 147 Å². The number of carbonyl (C=O) groups is 2. The standard InChI is InChI=1S/2C6H15P.C2H2O4.Pt/c2*1-4-7(5-2)6-3;3-1(4)2(5)6;/h2*4-6H2,1-3H3;(H,3,4)(H,5,6);/p+2. The second-order valence-electron chi connectivity index (χ2n) is 4.23. The minimum Gasteiger partial charge on any atom is -0.473 e. The molecule has 0 unspecified atom stereocenters. The van der Waals surface area contributed by atoms with Gasteiger partial charge in [0.25, 0.3) is 0 Å². The largest absolute Gasteiger partial charge is 0.473 e. The van der Waals surface area contributed by atoms with E-state index in [-0.39, 0.29) is 36.9 Å². The molecule has 132 valence electrons. The summed E-state index contributed by atoms with van der Waals surface area (Å²) in [7, 11) is 0.275. The number of hydrogen-bond donors (Lipinski definition) is 2. The van der Waals surface area contributed by atoms with Gasteiger partial charge in [0, 0.05) is 21.1 Å². The predicted molar refractivity (Wildman–Crippen MR) is 95.1 cm³/mol. The molecule has 0 heterocycles. The zero-order valence-electron chi connectivity index (χ0n) is 14.3. The molecule has 0 rings (SSSR count). The van der Waals surface area contributed by atoms with E-state index in [2.05, 4.69) is 41.5 Å². The Kier molecular flexibility index (Phi) is 32.0. The molecule has 0 aromatic carbocycles. The van der Waals surface area contributed by atoms with Crippen molar-refractivity contribution in [1.82, 2.24) is 0 Å². The monoisotopic (exact) mass is 523 g/mol. The number of carboxylic acid groups (broad SMARTS) is 2. The smallest absolute Gasteiger partial charge is 0.414 e. The maximum absolute atomic E-state index is 9.10. The van der Waals surface area contributed by atoms with E-state index >= 15 is 0 Å². The molecule has 21 heavy (non-hydrogen) atoms. The maximum atomic E-state index is 9.10. The minimum atomic E-state index is -1.82. The van der Waals surface area contributed by atoms with E-state index in [0.717, 1.165) is 0 Å². The first-order valence-electron chi connectivity index (χ1n) is 7.47. The number of rotatable bonds is 6. The van der Waals surface area contributed by atoms with Crippen molar-refractivity contribution in [3.05, 3.63) is 0 Å². The average Bonchev–Trinajstić information content (AvgIpc) is 2.44. The fourth-order valence-corrected chi connectivity index (χ4v) is 4.50. The van der Waals surface area contributed by atoms with Crippen molar-refractivity contribution in [3.8, 4) is 0 Å². The van der Waals surface area contributed by atoms with Gasteiger partial charge in [-0.3, -0.25) is 0 Å². The van der Waals surface area contributed by atoms with E-state index in [4.69, 9.17) is 19.8 Å². The van der Waals surface area contributed by atoms with E-state index in [1.807, 2.05) is 0 Å². The Bertz CT molecular complexity index is 198. The Morgan fingerprint density at radius 1 is 0.619 bits per heavy atom. The molecular weight excluding hydrogens is 489 g/mol. The number of hydrogen-bond acceptors (Lipinski definition) is 2. The van der Waals surface area contributed by atoms with E-state index in [1.165, 1.54) is 37.0 Å². The summed E-state index contributed by atoms with van der Waals surface area (Å²) in [5.74, 6) is -3.65. The first-order chi connectivity index (χ1) is 9.33. The summed E-state index contributed by atoms with van der Waals surface area (Å²) in [5.41, 5.74) is 0. The van der Waals surface area contributed by atoms with Gasteiger partial charge in [-0.05, 0) is 57.4 Å². The van der Waals surface area contributed by atoms with Crippen LogP contribution in [0.5, 0.6) is 0 Å². The van der Waals surface area contributed by atoms with Gasteiger partial charge in [0.05, 0.1) is 37.0 Å². The van der Waals surface area contributed by atoms with Crippen molar-refractivity contribution < 1.29 is 40.9 Å². The zero-order valence-corrected chi connectivity index (χ0v) is 18.5. The molecule has 4 nitrogen and oxygen atoms in total. The van der Waals surface area contributed by atoms with Crippen LogP contribution in [0.15, 0.2) is 0 Å². The Morgan fingerprint density at radius 3 is 0.762 bits per heavy atom. The van der Waals surface area contributed by atoms with Crippen LogP contribution >= 0.6 is 15.8 Å². The molecule has 0 saturated heterocycles. The molecule has 0 aliphatic carbocycles. The first-order valence-corrected chi connectivity index (χ1v) is 11.7. The van der Waals surface area contributed by atoms with E-state index < -0.39 is 11.9 Å². The van der Waals surface area contributed by atoms with E-state index in [0.29, 0.717) is 0 Å². The Morgan fingerprint density at radius 2 is 0.762 bits per heavy atom. The normalized spacial score (nSPS) is 8.95. The van der Waals surface area contributed by atoms with Crippen molar-refractivity contribution in [3.63, 3.8) is 0 Å². The van der Waals surface area contributed by atoms with Crippen LogP contribution in [-0.2, 0) is 30.7 Å². The third-order valence-electron chi connectivity index (χ3n) is 3.18. The van der Waals surface area contributed by atoms with Crippen molar-refractivity contribution in [2.75, 3.05) is 37.0 Å². The van der Waals surface area contributed by atoms with E-state index in [1.54, 1.807) is 0 Å². The van der Waals surface area contributed by atoms with E-state index in [9.17, 15) is 0 Å². The summed E-state index contributed by atoms with van der Waals surface area (Å²) in [6, 6.07) is 0. The molecular formula is C14H34O4P2Pt+2. The molecule has 0 bridgehead atoms. The molecule has 0 radical (unpaired) electrons. The van der Waals surface area contributed by atoms with Crippen LogP contribution in [0.2, 0.25) is 0 Å². The second kappa shape index (κ2) is 22.8. The quantitative estimate of drug-likeness (QED) is 0.412. The van der Waals surface area contributed by atoms with Crippen molar-refractivity contribution >= 4 is 27.8 Å². The number of carboxylic acids is 2. The van der Waals surface area contributed by atoms with Gasteiger partial charge in [-0.15, -0.1) is 0 Å². The molecule has 0 amide bonds. The molecule has 7 heteroatoms. The van der Waals surface area contributed by atoms with Gasteiger partial charge in [-0.25, -0.2) is 9.59 Å². The molecule has 2 N–H and O–H groups in total. The van der Waals surface area contributed by atoms with Crippen LogP contribution < -0.4 is 0 Å². The van der Waals surface area contributed by atoms with Gasteiger partial charge in [-0.1, -0.05) is 0 Å². The minimum absolute atomic E-state index is 0. The van der Waals surface area contributed by atoms with Crippen LogP contribution in [0.4, 0.5) is 0 Å². The summed E-state index contributed by atoms with van der Waals surface area (Å²) in [6.45, 7) is 13.8. The fraction of sp³-hybridized carbons (Fsp3) is 0.857. The van der Waals surface area contributed by atoms with Crippen LogP contribution in [-0.4, -0.2) is 59.1 Å². The molecule has 0 aromatic rings. The summed E-state index contributed by atoms with van der Waals surface area (Å²) in [5, 5.41) is 14.8. The molecule has 0 aromatic heterocycles. The first kappa shape index (κ1) is 29.5. The van der Waals surface area contributed by atoms with Crippen LogP contribution in [0, 0.1) is 0 Å². The van der Waals surface area contributed by atoms with Gasteiger partial charge in [-0.2, -0.15) is 0 Å². The molecule has 0 atom stereocenters. The van der Waals surface area contributed by atoms with Crippen molar-refractivity contribution in [1.29, 1.82) is 0 Å². The SMILES string of the molecule is CC[PH+](CC)CC.CC[PH+](CC)CC.O=C(O)C(=O)O.[Pt]. The molecule has 0 fully saturated rings. The van der Waals surface area contributed by atoms with Gasteiger partial charge < -0.3 is 10.2 Å². The van der Waals surface area contributed by atoms with Crippen LogP contribution in [0.3, 0.4) is 0 Å². The zero-order chi connectivity index (χ0) is 16.6. The third kappa shape index (κ3) is 25.8. The summed E-state index contributed by atoms with van der Waals surface area (Å²) >= 11 is 0. The summed E-state index contributed by atoms with van der Waals surface area (Å²) < 4.78 is 0. The van der Waals surface area contributed by atoms with Crippen LogP contribution in [0.25, 0.3) is 0 Å².